The lowest BCUT2D eigenvalue weighted by Crippen LogP contribution is -2.28. The van der Waals surface area contributed by atoms with E-state index in [9.17, 15) is 9.59 Å². The van der Waals surface area contributed by atoms with Crippen LogP contribution in [0.4, 0.5) is 5.69 Å². The Balaban J connectivity index is 1.73. The average molecular weight is 309 g/mol. The van der Waals surface area contributed by atoms with Gasteiger partial charge < -0.3 is 9.64 Å². The van der Waals surface area contributed by atoms with E-state index in [4.69, 9.17) is 4.74 Å². The molecule has 0 aliphatic carbocycles. The molecular formula is C19H19NO3. The summed E-state index contributed by atoms with van der Waals surface area (Å²) in [4.78, 5) is 26.3. The van der Waals surface area contributed by atoms with Gasteiger partial charge in [-0.05, 0) is 30.2 Å². The second kappa shape index (κ2) is 6.65. The van der Waals surface area contributed by atoms with Crippen molar-refractivity contribution in [2.24, 2.45) is 5.92 Å². The van der Waals surface area contributed by atoms with Crippen LogP contribution in [0, 0.1) is 5.92 Å². The minimum atomic E-state index is -0.424. The summed E-state index contributed by atoms with van der Waals surface area (Å²) in [6.07, 6.45) is 1.04. The van der Waals surface area contributed by atoms with Crippen LogP contribution in [0.3, 0.4) is 0 Å². The van der Waals surface area contributed by atoms with Gasteiger partial charge in [-0.15, -0.1) is 0 Å². The number of nitrogens with zero attached hydrogens (tertiary/aromatic N) is 1. The highest BCUT2D eigenvalue weighted by molar-refractivity contribution is 6.00. The first-order chi connectivity index (χ1) is 11.2. The van der Waals surface area contributed by atoms with E-state index in [0.717, 1.165) is 17.7 Å². The molecule has 0 bridgehead atoms. The molecule has 118 valence electrons. The Hall–Kier alpha value is -2.62. The minimum absolute atomic E-state index is 0.0269. The van der Waals surface area contributed by atoms with E-state index < -0.39 is 5.92 Å². The molecule has 0 radical (unpaired) electrons. The molecule has 3 rings (SSSR count). The van der Waals surface area contributed by atoms with Crippen LogP contribution in [0.25, 0.3) is 0 Å². The largest absolute Gasteiger partial charge is 0.426 e. The van der Waals surface area contributed by atoms with Crippen LogP contribution in [0.5, 0.6) is 5.75 Å². The lowest BCUT2D eigenvalue weighted by Gasteiger charge is -2.19. The molecular weight excluding hydrogens is 290 g/mol. The highest BCUT2D eigenvalue weighted by Gasteiger charge is 2.36. The lowest BCUT2D eigenvalue weighted by molar-refractivity contribution is -0.139. The first-order valence-corrected chi connectivity index (χ1v) is 7.84. The number of esters is 1. The molecule has 2 aromatic carbocycles. The van der Waals surface area contributed by atoms with Crippen molar-refractivity contribution in [3.8, 4) is 5.75 Å². The predicted octanol–water partition coefficient (Wildman–Crippen LogP) is 3.21. The first-order valence-electron chi connectivity index (χ1n) is 7.84. The number of para-hydroxylation sites is 2. The first kappa shape index (κ1) is 15.3. The molecule has 0 spiro atoms. The topological polar surface area (TPSA) is 46.6 Å². The predicted molar refractivity (Wildman–Crippen MR) is 88.4 cm³/mol. The number of benzene rings is 2. The van der Waals surface area contributed by atoms with Crippen LogP contribution in [-0.4, -0.2) is 18.4 Å². The van der Waals surface area contributed by atoms with Gasteiger partial charge in [-0.2, -0.15) is 0 Å². The van der Waals surface area contributed by atoms with Crippen molar-refractivity contribution in [1.82, 2.24) is 0 Å². The molecule has 2 aromatic rings. The minimum Gasteiger partial charge on any atom is -0.426 e. The smallest absolute Gasteiger partial charge is 0.316 e. The van der Waals surface area contributed by atoms with Crippen molar-refractivity contribution in [2.75, 3.05) is 11.4 Å². The summed E-state index contributed by atoms with van der Waals surface area (Å²) in [6, 6.07) is 16.8. The Morgan fingerprint density at radius 2 is 1.83 bits per heavy atom. The molecule has 1 heterocycles. The summed E-state index contributed by atoms with van der Waals surface area (Å²) in [5.41, 5.74) is 2.01. The van der Waals surface area contributed by atoms with Gasteiger partial charge in [0, 0.05) is 18.7 Å². The van der Waals surface area contributed by atoms with Gasteiger partial charge in [0.15, 0.2) is 0 Å². The van der Waals surface area contributed by atoms with Gasteiger partial charge >= 0.3 is 5.97 Å². The van der Waals surface area contributed by atoms with Crippen LogP contribution < -0.4 is 9.64 Å². The van der Waals surface area contributed by atoms with Crippen LogP contribution in [0.2, 0.25) is 0 Å². The van der Waals surface area contributed by atoms with Crippen molar-refractivity contribution in [3.63, 3.8) is 0 Å². The Bertz CT molecular complexity index is 712. The molecule has 1 amide bonds. The summed E-state index contributed by atoms with van der Waals surface area (Å²) in [6.45, 7) is 2.43. The molecule has 1 aliphatic heterocycles. The van der Waals surface area contributed by atoms with Gasteiger partial charge in [-0.25, -0.2) is 0 Å². The number of amides is 1. The third kappa shape index (κ3) is 3.26. The molecule has 1 aliphatic rings. The Morgan fingerprint density at radius 3 is 2.57 bits per heavy atom. The summed E-state index contributed by atoms with van der Waals surface area (Å²) < 4.78 is 5.37. The third-order valence-corrected chi connectivity index (χ3v) is 4.08. The SMILES string of the molecule is CCc1ccccc1N1C[C@H](C(=O)Oc2ccccc2)CC1=O. The summed E-state index contributed by atoms with van der Waals surface area (Å²) >= 11 is 0. The van der Waals surface area contributed by atoms with Gasteiger partial charge in [0.2, 0.25) is 5.91 Å². The van der Waals surface area contributed by atoms with Crippen LogP contribution in [0.1, 0.15) is 18.9 Å². The van der Waals surface area contributed by atoms with Gasteiger partial charge in [-0.1, -0.05) is 43.3 Å². The Labute approximate surface area is 135 Å². The fraction of sp³-hybridized carbons (Fsp3) is 0.263. The van der Waals surface area contributed by atoms with Crippen molar-refractivity contribution < 1.29 is 14.3 Å². The maximum absolute atomic E-state index is 12.3. The number of carbonyl (C=O) groups excluding carboxylic acids is 2. The number of hydrogen-bond donors (Lipinski definition) is 0. The summed E-state index contributed by atoms with van der Waals surface area (Å²) in [5, 5.41) is 0. The number of aryl methyl sites for hydroxylation is 1. The van der Waals surface area contributed by atoms with Crippen molar-refractivity contribution >= 4 is 17.6 Å². The van der Waals surface area contributed by atoms with Gasteiger partial charge in [0.05, 0.1) is 5.92 Å². The van der Waals surface area contributed by atoms with Crippen LogP contribution in [0.15, 0.2) is 54.6 Å². The number of ether oxygens (including phenoxy) is 1. The molecule has 23 heavy (non-hydrogen) atoms. The summed E-state index contributed by atoms with van der Waals surface area (Å²) in [7, 11) is 0. The van der Waals surface area contributed by atoms with Crippen molar-refractivity contribution in [3.05, 3.63) is 60.2 Å². The van der Waals surface area contributed by atoms with Gasteiger partial charge in [0.25, 0.3) is 0 Å². The normalized spacial score (nSPS) is 17.3. The molecule has 1 atom stereocenters. The second-order valence-electron chi connectivity index (χ2n) is 5.62. The monoisotopic (exact) mass is 309 g/mol. The second-order valence-corrected chi connectivity index (χ2v) is 5.62. The fourth-order valence-electron chi connectivity index (χ4n) is 2.86. The van der Waals surface area contributed by atoms with E-state index in [-0.39, 0.29) is 18.3 Å². The van der Waals surface area contributed by atoms with Crippen LogP contribution in [-0.2, 0) is 16.0 Å². The van der Waals surface area contributed by atoms with Gasteiger partial charge in [-0.3, -0.25) is 9.59 Å². The summed E-state index contributed by atoms with van der Waals surface area (Å²) in [5.74, 6) is -0.285. The van der Waals surface area contributed by atoms with Crippen molar-refractivity contribution in [2.45, 2.75) is 19.8 Å². The Kier molecular flexibility index (Phi) is 4.42. The quantitative estimate of drug-likeness (QED) is 0.643. The third-order valence-electron chi connectivity index (χ3n) is 4.08. The highest BCUT2D eigenvalue weighted by atomic mass is 16.5. The van der Waals surface area contributed by atoms with Crippen LogP contribution >= 0.6 is 0 Å². The molecule has 1 fully saturated rings. The molecule has 0 N–H and O–H groups in total. The molecule has 0 saturated carbocycles. The molecule has 0 unspecified atom stereocenters. The zero-order chi connectivity index (χ0) is 16.2. The van der Waals surface area contributed by atoms with E-state index >= 15 is 0 Å². The lowest BCUT2D eigenvalue weighted by atomic mass is 10.1. The molecule has 4 heteroatoms. The van der Waals surface area contributed by atoms with E-state index in [2.05, 4.69) is 6.92 Å². The van der Waals surface area contributed by atoms with Crippen molar-refractivity contribution in [1.29, 1.82) is 0 Å². The van der Waals surface area contributed by atoms with Gasteiger partial charge in [0.1, 0.15) is 5.75 Å². The highest BCUT2D eigenvalue weighted by Crippen LogP contribution is 2.29. The number of rotatable bonds is 4. The van der Waals surface area contributed by atoms with E-state index in [0.29, 0.717) is 12.3 Å². The maximum atomic E-state index is 12.3. The molecule has 4 nitrogen and oxygen atoms in total. The molecule has 1 saturated heterocycles. The Morgan fingerprint density at radius 1 is 1.13 bits per heavy atom. The number of anilines is 1. The molecule has 0 aromatic heterocycles. The zero-order valence-corrected chi connectivity index (χ0v) is 13.1. The number of hydrogen-bond acceptors (Lipinski definition) is 3. The van der Waals surface area contributed by atoms with E-state index in [1.54, 1.807) is 17.0 Å². The maximum Gasteiger partial charge on any atom is 0.316 e. The zero-order valence-electron chi connectivity index (χ0n) is 13.1. The standard InChI is InChI=1S/C19H19NO3/c1-2-14-8-6-7-11-17(14)20-13-15(12-18(20)21)19(22)23-16-9-4-3-5-10-16/h3-11,15H,2,12-13H2,1H3/t15-/m1/s1. The van der Waals surface area contributed by atoms with E-state index in [1.807, 2.05) is 42.5 Å². The average Bonchev–Trinajstić information content (AvgIpc) is 2.97. The fourth-order valence-corrected chi connectivity index (χ4v) is 2.86. The van der Waals surface area contributed by atoms with E-state index in [1.165, 1.54) is 0 Å². The number of carbonyl (C=O) groups is 2.